The van der Waals surface area contributed by atoms with Gasteiger partial charge in [0.25, 0.3) is 5.91 Å². The Kier molecular flexibility index (Phi) is 9.09. The molecule has 3 rings (SSSR count). The van der Waals surface area contributed by atoms with Gasteiger partial charge in [-0.2, -0.15) is 21.6 Å². The lowest BCUT2D eigenvalue weighted by molar-refractivity contribution is -0.138. The summed E-state index contributed by atoms with van der Waals surface area (Å²) >= 11 is 5.86. The van der Waals surface area contributed by atoms with E-state index in [2.05, 4.69) is 0 Å². The largest absolute Gasteiger partial charge is 0.484 e. The average molecular weight is 556 g/mol. The second-order valence-electron chi connectivity index (χ2n) is 8.23. The van der Waals surface area contributed by atoms with Crippen LogP contribution in [0, 0.1) is 0 Å². The van der Waals surface area contributed by atoms with Gasteiger partial charge in [-0.1, -0.05) is 36.7 Å². The van der Waals surface area contributed by atoms with Crippen LogP contribution in [0.1, 0.15) is 31.4 Å². The van der Waals surface area contributed by atoms with Gasteiger partial charge in [0.2, 0.25) is 0 Å². The zero-order valence-corrected chi connectivity index (χ0v) is 21.6. The molecular weight excluding hydrogens is 531 g/mol. The molecule has 1 unspecified atom stereocenters. The lowest BCUT2D eigenvalue weighted by Crippen LogP contribution is -2.40. The molecule has 0 aromatic heterocycles. The first kappa shape index (κ1) is 28.3. The molecule has 198 valence electrons. The van der Waals surface area contributed by atoms with Gasteiger partial charge in [0.1, 0.15) is 16.4 Å². The van der Waals surface area contributed by atoms with Gasteiger partial charge in [-0.15, -0.1) is 0 Å². The van der Waals surface area contributed by atoms with E-state index < -0.39 is 26.8 Å². The summed E-state index contributed by atoms with van der Waals surface area (Å²) in [4.78, 5) is 13.9. The second-order valence-corrected chi connectivity index (χ2v) is 10.2. The van der Waals surface area contributed by atoms with Crippen LogP contribution in [0.15, 0.2) is 77.7 Å². The zero-order chi connectivity index (χ0) is 27.2. The minimum absolute atomic E-state index is 0.0936. The van der Waals surface area contributed by atoms with Crippen molar-refractivity contribution in [2.75, 3.05) is 6.61 Å². The highest BCUT2D eigenvalue weighted by molar-refractivity contribution is 7.87. The van der Waals surface area contributed by atoms with Crippen molar-refractivity contribution in [3.8, 4) is 11.5 Å². The fourth-order valence-corrected chi connectivity index (χ4v) is 4.46. The third-order valence-electron chi connectivity index (χ3n) is 5.53. The van der Waals surface area contributed by atoms with Gasteiger partial charge in [0.15, 0.2) is 6.61 Å². The van der Waals surface area contributed by atoms with Crippen molar-refractivity contribution in [1.82, 2.24) is 4.90 Å². The van der Waals surface area contributed by atoms with Crippen LogP contribution in [-0.4, -0.2) is 31.9 Å². The summed E-state index contributed by atoms with van der Waals surface area (Å²) in [5.41, 5.74) is -0.536. The fraction of sp³-hybridized carbons (Fsp3) is 0.269. The first-order chi connectivity index (χ1) is 17.4. The maximum Gasteiger partial charge on any atom is 0.416 e. The van der Waals surface area contributed by atoms with E-state index >= 15 is 0 Å². The molecule has 1 amide bonds. The van der Waals surface area contributed by atoms with Crippen LogP contribution in [0.3, 0.4) is 0 Å². The number of carbonyl (C=O) groups is 1. The molecule has 37 heavy (non-hydrogen) atoms. The molecule has 0 radical (unpaired) electrons. The number of hydrogen-bond donors (Lipinski definition) is 0. The summed E-state index contributed by atoms with van der Waals surface area (Å²) in [7, 11) is -4.53. The summed E-state index contributed by atoms with van der Waals surface area (Å²) in [5.74, 6) is 0.105. The Morgan fingerprint density at radius 1 is 1.00 bits per heavy atom. The lowest BCUT2D eigenvalue weighted by atomic mass is 10.1. The van der Waals surface area contributed by atoms with E-state index in [9.17, 15) is 26.4 Å². The average Bonchev–Trinajstić information content (AvgIpc) is 2.86. The van der Waals surface area contributed by atoms with Crippen LogP contribution in [0.4, 0.5) is 13.2 Å². The molecule has 0 N–H and O–H groups in total. The molecule has 0 aliphatic heterocycles. The topological polar surface area (TPSA) is 72.9 Å². The number of nitrogens with zero attached hydrogens (tertiary/aromatic N) is 1. The highest BCUT2D eigenvalue weighted by atomic mass is 35.5. The van der Waals surface area contributed by atoms with E-state index in [4.69, 9.17) is 20.5 Å². The summed E-state index contributed by atoms with van der Waals surface area (Å²) in [6, 6.07) is 15.8. The van der Waals surface area contributed by atoms with Crippen molar-refractivity contribution in [3.05, 3.63) is 88.9 Å². The molecule has 0 aliphatic rings. The molecule has 0 aliphatic carbocycles. The van der Waals surface area contributed by atoms with Gasteiger partial charge in [-0.25, -0.2) is 0 Å². The Labute approximate surface area is 218 Å². The molecule has 0 fully saturated rings. The molecule has 1 atom stereocenters. The Hall–Kier alpha value is -3.24. The number of rotatable bonds is 10. The predicted molar refractivity (Wildman–Crippen MR) is 133 cm³/mol. The first-order valence-corrected chi connectivity index (χ1v) is 13.1. The number of amides is 1. The van der Waals surface area contributed by atoms with Crippen LogP contribution in [0.2, 0.25) is 5.02 Å². The molecule has 0 spiro atoms. The minimum atomic E-state index is -4.70. The third kappa shape index (κ3) is 7.87. The fourth-order valence-electron chi connectivity index (χ4n) is 3.36. The number of alkyl halides is 3. The van der Waals surface area contributed by atoms with Crippen molar-refractivity contribution in [2.45, 2.75) is 43.9 Å². The predicted octanol–water partition coefficient (Wildman–Crippen LogP) is 6.33. The van der Waals surface area contributed by atoms with Crippen LogP contribution >= 0.6 is 11.6 Å². The monoisotopic (exact) mass is 555 g/mol. The Bertz CT molecular complexity index is 1330. The Morgan fingerprint density at radius 3 is 2.32 bits per heavy atom. The molecular formula is C26H25ClF3NO5S. The van der Waals surface area contributed by atoms with Gasteiger partial charge in [-0.3, -0.25) is 4.79 Å². The van der Waals surface area contributed by atoms with Crippen molar-refractivity contribution in [3.63, 3.8) is 0 Å². The molecule has 11 heteroatoms. The Morgan fingerprint density at radius 2 is 1.68 bits per heavy atom. The molecule has 0 bridgehead atoms. The van der Waals surface area contributed by atoms with E-state index in [0.29, 0.717) is 28.8 Å². The quantitative estimate of drug-likeness (QED) is 0.273. The van der Waals surface area contributed by atoms with E-state index in [1.54, 1.807) is 35.2 Å². The summed E-state index contributed by atoms with van der Waals surface area (Å²) < 4.78 is 75.0. The molecule has 0 heterocycles. The van der Waals surface area contributed by atoms with Crippen LogP contribution in [0.5, 0.6) is 11.5 Å². The van der Waals surface area contributed by atoms with Crippen molar-refractivity contribution < 1.29 is 35.3 Å². The van der Waals surface area contributed by atoms with Gasteiger partial charge in [0, 0.05) is 17.6 Å². The minimum Gasteiger partial charge on any atom is -0.484 e. The molecule has 6 nitrogen and oxygen atoms in total. The van der Waals surface area contributed by atoms with Crippen molar-refractivity contribution in [1.29, 1.82) is 0 Å². The van der Waals surface area contributed by atoms with Gasteiger partial charge < -0.3 is 13.8 Å². The maximum atomic E-state index is 13.0. The normalized spacial score (nSPS) is 12.6. The summed E-state index contributed by atoms with van der Waals surface area (Å²) in [6.45, 7) is 3.72. The van der Waals surface area contributed by atoms with E-state index in [1.165, 1.54) is 18.2 Å². The van der Waals surface area contributed by atoms with Crippen molar-refractivity contribution >= 4 is 27.6 Å². The summed E-state index contributed by atoms with van der Waals surface area (Å²) in [6.07, 6.45) is -4.04. The van der Waals surface area contributed by atoms with E-state index in [-0.39, 0.29) is 30.9 Å². The smallest absolute Gasteiger partial charge is 0.416 e. The highest BCUT2D eigenvalue weighted by Crippen LogP contribution is 2.31. The number of halogens is 4. The number of carbonyl (C=O) groups excluding carboxylic acids is 1. The lowest BCUT2D eigenvalue weighted by Gasteiger charge is -2.29. The zero-order valence-electron chi connectivity index (χ0n) is 20.0. The maximum absolute atomic E-state index is 13.0. The number of ether oxygens (including phenoxy) is 1. The van der Waals surface area contributed by atoms with E-state index in [0.717, 1.165) is 18.2 Å². The third-order valence-corrected chi connectivity index (χ3v) is 7.02. The highest BCUT2D eigenvalue weighted by Gasteiger charge is 2.32. The van der Waals surface area contributed by atoms with Crippen molar-refractivity contribution in [2.24, 2.45) is 0 Å². The van der Waals surface area contributed by atoms with Crippen LogP contribution in [-0.2, 0) is 27.6 Å². The van der Waals surface area contributed by atoms with Gasteiger partial charge in [0.05, 0.1) is 5.56 Å². The SMILES string of the molecule is CCC(C)N(Cc1cccc(OS(=O)(=O)c2cccc(C(F)(F)F)c2)c1)C(=O)COc1ccc(Cl)cc1. The van der Waals surface area contributed by atoms with Crippen LogP contribution < -0.4 is 8.92 Å². The number of hydrogen-bond acceptors (Lipinski definition) is 5. The molecule has 3 aromatic carbocycles. The second kappa shape index (κ2) is 11.9. The summed E-state index contributed by atoms with van der Waals surface area (Å²) in [5, 5.41) is 0.539. The van der Waals surface area contributed by atoms with Gasteiger partial charge >= 0.3 is 16.3 Å². The number of benzene rings is 3. The Balaban J connectivity index is 1.75. The van der Waals surface area contributed by atoms with Gasteiger partial charge in [-0.05, 0) is 73.5 Å². The molecule has 0 saturated carbocycles. The standard InChI is InChI=1S/C26H25ClF3NO5S/c1-3-18(2)31(25(32)17-35-22-12-10-21(27)11-13-22)16-19-6-4-8-23(14-19)36-37(33,34)24-9-5-7-20(15-24)26(28,29)30/h4-15,18H,3,16-17H2,1-2H3. The van der Waals surface area contributed by atoms with Crippen LogP contribution in [0.25, 0.3) is 0 Å². The molecule has 3 aromatic rings. The molecule has 0 saturated heterocycles. The van der Waals surface area contributed by atoms with E-state index in [1.807, 2.05) is 13.8 Å². The first-order valence-electron chi connectivity index (χ1n) is 11.3.